The van der Waals surface area contributed by atoms with Crippen molar-refractivity contribution >= 4 is 22.7 Å². The highest BCUT2D eigenvalue weighted by atomic mass is 32.2. The Balaban J connectivity index is 1.96. The van der Waals surface area contributed by atoms with E-state index in [4.69, 9.17) is 0 Å². The summed E-state index contributed by atoms with van der Waals surface area (Å²) in [7, 11) is 0. The summed E-state index contributed by atoms with van der Waals surface area (Å²) in [6.07, 6.45) is 3.61. The summed E-state index contributed by atoms with van der Waals surface area (Å²) in [6, 6.07) is 13.7. The number of pyridine rings is 1. The molecule has 3 nitrogen and oxygen atoms in total. The van der Waals surface area contributed by atoms with Crippen molar-refractivity contribution in [3.8, 4) is 0 Å². The van der Waals surface area contributed by atoms with Crippen LogP contribution in [-0.4, -0.2) is 15.0 Å². The summed E-state index contributed by atoms with van der Waals surface area (Å²) >= 11 is 1.47. The van der Waals surface area contributed by atoms with Crippen LogP contribution in [0.2, 0.25) is 0 Å². The van der Waals surface area contributed by atoms with Crippen LogP contribution in [0.1, 0.15) is 0 Å². The second kappa shape index (κ2) is 4.51. The Morgan fingerprint density at radius 2 is 1.76 bits per heavy atom. The lowest BCUT2D eigenvalue weighted by atomic mass is 10.2. The van der Waals surface area contributed by atoms with Crippen molar-refractivity contribution in [3.63, 3.8) is 0 Å². The van der Waals surface area contributed by atoms with Crippen molar-refractivity contribution in [2.45, 2.75) is 10.2 Å². The summed E-state index contributed by atoms with van der Waals surface area (Å²) in [5.41, 5.74) is 0.959. The normalized spacial score (nSPS) is 10.6. The highest BCUT2D eigenvalue weighted by molar-refractivity contribution is 7.99. The van der Waals surface area contributed by atoms with Crippen molar-refractivity contribution in [2.24, 2.45) is 0 Å². The molecule has 0 saturated heterocycles. The minimum atomic E-state index is 0.724. The van der Waals surface area contributed by atoms with E-state index >= 15 is 0 Å². The number of aromatic nitrogens is 3. The van der Waals surface area contributed by atoms with E-state index in [2.05, 4.69) is 15.0 Å². The van der Waals surface area contributed by atoms with Gasteiger partial charge in [-0.15, -0.1) is 0 Å². The minimum Gasteiger partial charge on any atom is -0.249 e. The molecule has 82 valence electrons. The number of fused-ring (bicyclic) bond motifs is 1. The van der Waals surface area contributed by atoms with E-state index in [1.54, 1.807) is 6.20 Å². The second-order valence-corrected chi connectivity index (χ2v) is 4.47. The molecule has 0 radical (unpaired) electrons. The Morgan fingerprint density at radius 1 is 0.882 bits per heavy atom. The van der Waals surface area contributed by atoms with Gasteiger partial charge in [-0.2, -0.15) is 0 Å². The molecule has 0 aliphatic carbocycles. The van der Waals surface area contributed by atoms with E-state index in [0.29, 0.717) is 0 Å². The van der Waals surface area contributed by atoms with Crippen molar-refractivity contribution in [1.29, 1.82) is 0 Å². The molecule has 0 aliphatic rings. The fraction of sp³-hybridized carbons (Fsp3) is 0. The third kappa shape index (κ3) is 2.26. The first-order valence-corrected chi connectivity index (χ1v) is 6.04. The third-order valence-corrected chi connectivity index (χ3v) is 3.13. The van der Waals surface area contributed by atoms with Gasteiger partial charge in [0.25, 0.3) is 0 Å². The molecular weight excluding hydrogens is 230 g/mol. The van der Waals surface area contributed by atoms with Gasteiger partial charge < -0.3 is 0 Å². The lowest BCUT2D eigenvalue weighted by Crippen LogP contribution is -1.88. The van der Waals surface area contributed by atoms with Crippen LogP contribution in [0, 0.1) is 0 Å². The zero-order valence-electron chi connectivity index (χ0n) is 8.95. The zero-order chi connectivity index (χ0) is 11.5. The predicted octanol–water partition coefficient (Wildman–Crippen LogP) is 3.18. The number of hydrogen-bond donors (Lipinski definition) is 0. The van der Waals surface area contributed by atoms with Crippen LogP contribution in [-0.2, 0) is 0 Å². The molecule has 0 spiro atoms. The van der Waals surface area contributed by atoms with Gasteiger partial charge >= 0.3 is 0 Å². The van der Waals surface area contributed by atoms with Crippen LogP contribution in [0.15, 0.2) is 65.0 Å². The summed E-state index contributed by atoms with van der Waals surface area (Å²) in [6.45, 7) is 0. The van der Waals surface area contributed by atoms with Gasteiger partial charge in [-0.05, 0) is 30.0 Å². The van der Waals surface area contributed by atoms with Crippen molar-refractivity contribution < 1.29 is 0 Å². The predicted molar refractivity (Wildman–Crippen MR) is 67.9 cm³/mol. The van der Waals surface area contributed by atoms with E-state index < -0.39 is 0 Å². The average Bonchev–Trinajstić information content (AvgIpc) is 2.40. The fourth-order valence-electron chi connectivity index (χ4n) is 1.51. The largest absolute Gasteiger partial charge is 0.249 e. The van der Waals surface area contributed by atoms with Gasteiger partial charge in [0.05, 0.1) is 5.52 Å². The second-order valence-electron chi connectivity index (χ2n) is 3.48. The highest BCUT2D eigenvalue weighted by Crippen LogP contribution is 2.23. The van der Waals surface area contributed by atoms with Crippen LogP contribution in [0.25, 0.3) is 10.9 Å². The Morgan fingerprint density at radius 3 is 2.65 bits per heavy atom. The summed E-state index contributed by atoms with van der Waals surface area (Å²) in [4.78, 5) is 13.0. The Hall–Kier alpha value is -1.94. The maximum Gasteiger partial charge on any atom is 0.194 e. The monoisotopic (exact) mass is 239 g/mol. The van der Waals surface area contributed by atoms with Crippen LogP contribution in [0.4, 0.5) is 0 Å². The van der Waals surface area contributed by atoms with Gasteiger partial charge in [0.15, 0.2) is 5.16 Å². The Bertz CT molecular complexity index is 640. The molecule has 1 aromatic carbocycles. The molecule has 0 bridgehead atoms. The number of rotatable bonds is 2. The van der Waals surface area contributed by atoms with Gasteiger partial charge in [0, 0.05) is 17.8 Å². The van der Waals surface area contributed by atoms with E-state index in [1.807, 2.05) is 48.7 Å². The highest BCUT2D eigenvalue weighted by Gasteiger charge is 2.02. The molecule has 0 amide bonds. The van der Waals surface area contributed by atoms with Gasteiger partial charge in [0.2, 0.25) is 0 Å². The molecule has 3 aromatic rings. The molecule has 0 saturated carbocycles. The van der Waals surface area contributed by atoms with Crippen molar-refractivity contribution in [3.05, 3.63) is 54.9 Å². The third-order valence-electron chi connectivity index (χ3n) is 2.30. The van der Waals surface area contributed by atoms with Gasteiger partial charge in [-0.1, -0.05) is 24.3 Å². The molecule has 0 unspecified atom stereocenters. The molecule has 0 aliphatic heterocycles. The van der Waals surface area contributed by atoms with Crippen LogP contribution in [0.5, 0.6) is 0 Å². The van der Waals surface area contributed by atoms with E-state index in [-0.39, 0.29) is 0 Å². The molecular formula is C13H9N3S. The topological polar surface area (TPSA) is 38.7 Å². The molecule has 4 heteroatoms. The zero-order valence-corrected chi connectivity index (χ0v) is 9.76. The first kappa shape index (κ1) is 10.2. The minimum absolute atomic E-state index is 0.724. The maximum absolute atomic E-state index is 4.48. The number of benzene rings is 1. The Kier molecular flexibility index (Phi) is 2.71. The van der Waals surface area contributed by atoms with Crippen molar-refractivity contribution in [2.75, 3.05) is 0 Å². The number of nitrogens with zero attached hydrogens (tertiary/aromatic N) is 3. The van der Waals surface area contributed by atoms with Crippen LogP contribution < -0.4 is 0 Å². The molecule has 0 fully saturated rings. The van der Waals surface area contributed by atoms with E-state index in [9.17, 15) is 0 Å². The first-order chi connectivity index (χ1) is 8.42. The van der Waals surface area contributed by atoms with Crippen LogP contribution >= 0.6 is 11.8 Å². The number of hydrogen-bond acceptors (Lipinski definition) is 4. The van der Waals surface area contributed by atoms with E-state index in [1.165, 1.54) is 11.8 Å². The molecule has 2 aromatic heterocycles. The maximum atomic E-state index is 4.48. The van der Waals surface area contributed by atoms with Crippen LogP contribution in [0.3, 0.4) is 0 Å². The van der Waals surface area contributed by atoms with Gasteiger partial charge in [0.1, 0.15) is 5.03 Å². The smallest absolute Gasteiger partial charge is 0.194 e. The Labute approximate surface area is 103 Å². The molecule has 0 N–H and O–H groups in total. The average molecular weight is 239 g/mol. The molecule has 3 rings (SSSR count). The lowest BCUT2D eigenvalue weighted by molar-refractivity contribution is 0.993. The lowest BCUT2D eigenvalue weighted by Gasteiger charge is -2.00. The summed E-state index contributed by atoms with van der Waals surface area (Å²) < 4.78 is 0. The fourth-order valence-corrected chi connectivity index (χ4v) is 2.20. The molecule has 2 heterocycles. The summed E-state index contributed by atoms with van der Waals surface area (Å²) in [5.74, 6) is 0. The standard InChI is InChI=1S/C13H9N3S/c1-2-6-11-10(5-1)9-15-13(16-11)17-12-7-3-4-8-14-12/h1-9H. The summed E-state index contributed by atoms with van der Waals surface area (Å²) in [5, 5.41) is 2.68. The van der Waals surface area contributed by atoms with Gasteiger partial charge in [-0.3, -0.25) is 0 Å². The quantitative estimate of drug-likeness (QED) is 0.644. The van der Waals surface area contributed by atoms with E-state index in [0.717, 1.165) is 21.1 Å². The van der Waals surface area contributed by atoms with Gasteiger partial charge in [-0.25, -0.2) is 15.0 Å². The molecule has 17 heavy (non-hydrogen) atoms. The SMILES string of the molecule is c1ccc(Sc2ncc3ccccc3n2)nc1. The molecule has 0 atom stereocenters. The van der Waals surface area contributed by atoms with Crippen molar-refractivity contribution in [1.82, 2.24) is 15.0 Å². The first-order valence-electron chi connectivity index (χ1n) is 5.22. The number of para-hydroxylation sites is 1.